The zero-order chi connectivity index (χ0) is 20.5. The summed E-state index contributed by atoms with van der Waals surface area (Å²) in [4.78, 5) is 21.5. The Hall–Kier alpha value is -3.84. The SMILES string of the molecule is Cl.O=C(Cn1ccc2nc(-c3ccc(-c4ccc(F)cc4)cc3)nc-2c1)c1ccn[nH]1. The van der Waals surface area contributed by atoms with Crippen molar-refractivity contribution >= 4 is 18.2 Å². The third kappa shape index (κ3) is 4.22. The van der Waals surface area contributed by atoms with Gasteiger partial charge in [-0.05, 0) is 35.4 Å². The van der Waals surface area contributed by atoms with E-state index in [0.29, 0.717) is 17.2 Å². The monoisotopic (exact) mass is 433 g/mol. The smallest absolute Gasteiger partial charge is 0.200 e. The van der Waals surface area contributed by atoms with Crippen molar-refractivity contribution in [3.05, 3.63) is 90.8 Å². The van der Waals surface area contributed by atoms with Crippen LogP contribution in [0.25, 0.3) is 33.9 Å². The number of ketones is 1. The lowest BCUT2D eigenvalue weighted by Crippen LogP contribution is -2.11. The van der Waals surface area contributed by atoms with Crippen LogP contribution >= 0.6 is 12.4 Å². The van der Waals surface area contributed by atoms with Crippen LogP contribution in [0.15, 0.2) is 79.3 Å². The lowest BCUT2D eigenvalue weighted by molar-refractivity contribution is 0.0967. The molecule has 0 radical (unpaired) electrons. The van der Waals surface area contributed by atoms with E-state index in [1.165, 1.54) is 12.1 Å². The fourth-order valence-electron chi connectivity index (χ4n) is 3.30. The molecule has 0 aliphatic carbocycles. The van der Waals surface area contributed by atoms with Crippen molar-refractivity contribution in [2.45, 2.75) is 6.54 Å². The Morgan fingerprint density at radius 2 is 1.52 bits per heavy atom. The van der Waals surface area contributed by atoms with E-state index in [2.05, 4.69) is 20.2 Å². The Bertz CT molecular complexity index is 1280. The second kappa shape index (κ2) is 8.49. The summed E-state index contributed by atoms with van der Waals surface area (Å²) >= 11 is 0. The Morgan fingerprint density at radius 3 is 2.19 bits per heavy atom. The van der Waals surface area contributed by atoms with E-state index in [1.54, 1.807) is 29.0 Å². The number of H-pyrrole nitrogens is 1. The van der Waals surface area contributed by atoms with Gasteiger partial charge in [0.15, 0.2) is 11.6 Å². The number of nitrogens with one attached hydrogen (secondary N) is 1. The lowest BCUT2D eigenvalue weighted by atomic mass is 10.0. The van der Waals surface area contributed by atoms with E-state index in [1.807, 2.05) is 42.7 Å². The number of imidazole rings is 1. The molecule has 6 nitrogen and oxygen atoms in total. The number of aromatic nitrogens is 5. The number of pyridine rings is 1. The quantitative estimate of drug-likeness (QED) is 0.400. The summed E-state index contributed by atoms with van der Waals surface area (Å²) in [7, 11) is 0. The first-order valence-corrected chi connectivity index (χ1v) is 9.38. The summed E-state index contributed by atoms with van der Waals surface area (Å²) in [5.41, 5.74) is 4.77. The molecular formula is C23H17ClFN5O. The Labute approximate surface area is 183 Å². The molecule has 31 heavy (non-hydrogen) atoms. The largest absolute Gasteiger partial charge is 0.344 e. The Morgan fingerprint density at radius 1 is 0.871 bits per heavy atom. The van der Waals surface area contributed by atoms with Gasteiger partial charge in [-0.15, -0.1) is 12.4 Å². The molecule has 1 N–H and O–H groups in total. The molecule has 1 aromatic heterocycles. The zero-order valence-corrected chi connectivity index (χ0v) is 17.0. The van der Waals surface area contributed by atoms with E-state index < -0.39 is 0 Å². The molecule has 0 spiro atoms. The predicted molar refractivity (Wildman–Crippen MR) is 118 cm³/mol. The summed E-state index contributed by atoms with van der Waals surface area (Å²) in [6.45, 7) is 0.187. The highest BCUT2D eigenvalue weighted by Crippen LogP contribution is 2.27. The van der Waals surface area contributed by atoms with Gasteiger partial charge in [-0.2, -0.15) is 5.10 Å². The molecule has 0 saturated carbocycles. The number of carbonyl (C=O) groups is 1. The first-order valence-electron chi connectivity index (χ1n) is 9.38. The summed E-state index contributed by atoms with van der Waals surface area (Å²) in [5.74, 6) is 0.303. The molecule has 3 aromatic rings. The summed E-state index contributed by atoms with van der Waals surface area (Å²) in [6, 6.07) is 17.7. The van der Waals surface area contributed by atoms with Crippen LogP contribution in [0.3, 0.4) is 0 Å². The topological polar surface area (TPSA) is 76.5 Å². The van der Waals surface area contributed by atoms with E-state index in [-0.39, 0.29) is 30.6 Å². The number of Topliss-reactive ketones (excluding diaryl/α,β-unsaturated/α-hetero) is 1. The first-order chi connectivity index (χ1) is 14.7. The van der Waals surface area contributed by atoms with Gasteiger partial charge in [0, 0.05) is 24.2 Å². The summed E-state index contributed by atoms with van der Waals surface area (Å²) in [6.07, 6.45) is 5.18. The Kier molecular flexibility index (Phi) is 5.60. The van der Waals surface area contributed by atoms with Gasteiger partial charge in [-0.3, -0.25) is 9.89 Å². The normalized spacial score (nSPS) is 10.7. The van der Waals surface area contributed by atoms with Crippen LogP contribution in [0.2, 0.25) is 0 Å². The number of hydrogen-bond donors (Lipinski definition) is 1. The van der Waals surface area contributed by atoms with Crippen molar-refractivity contribution in [3.8, 4) is 33.9 Å². The minimum atomic E-state index is -0.254. The van der Waals surface area contributed by atoms with Crippen LogP contribution in [0, 0.1) is 5.82 Å². The highest BCUT2D eigenvalue weighted by Gasteiger charge is 2.14. The third-order valence-electron chi connectivity index (χ3n) is 4.88. The van der Waals surface area contributed by atoms with E-state index in [9.17, 15) is 9.18 Å². The number of benzene rings is 2. The van der Waals surface area contributed by atoms with Gasteiger partial charge in [0.25, 0.3) is 0 Å². The van der Waals surface area contributed by atoms with Crippen molar-refractivity contribution in [1.29, 1.82) is 0 Å². The molecule has 3 heterocycles. The molecule has 0 fully saturated rings. The standard InChI is InChI=1S/C23H16FN5O.ClH/c24-18-7-5-16(6-8-18)15-1-3-17(4-2-15)23-26-19-10-12-29(13-21(19)27-23)14-22(30)20-9-11-25-28-20;/h1-13H,14H2,(H,25,28);1H. The molecular weight excluding hydrogens is 417 g/mol. The second-order valence-corrected chi connectivity index (χ2v) is 6.91. The van der Waals surface area contributed by atoms with Crippen molar-refractivity contribution in [3.63, 3.8) is 0 Å². The number of aromatic amines is 1. The molecule has 2 aliphatic heterocycles. The molecule has 0 atom stereocenters. The third-order valence-corrected chi connectivity index (χ3v) is 4.88. The zero-order valence-electron chi connectivity index (χ0n) is 16.2. The number of hydrogen-bond acceptors (Lipinski definition) is 4. The molecule has 0 amide bonds. The summed E-state index contributed by atoms with van der Waals surface area (Å²) in [5, 5.41) is 6.49. The van der Waals surface area contributed by atoms with Gasteiger partial charge in [-0.1, -0.05) is 36.4 Å². The molecule has 154 valence electrons. The van der Waals surface area contributed by atoms with Crippen molar-refractivity contribution in [2.24, 2.45) is 0 Å². The maximum absolute atomic E-state index is 13.1. The molecule has 0 saturated heterocycles. The molecule has 0 bridgehead atoms. The second-order valence-electron chi connectivity index (χ2n) is 6.91. The predicted octanol–water partition coefficient (Wildman–Crippen LogP) is 4.88. The fraction of sp³-hybridized carbons (Fsp3) is 0.0435. The molecule has 2 aromatic carbocycles. The minimum absolute atomic E-state index is 0. The van der Waals surface area contributed by atoms with Crippen LogP contribution in [0.5, 0.6) is 0 Å². The first kappa shape index (κ1) is 20.4. The van der Waals surface area contributed by atoms with E-state index >= 15 is 0 Å². The highest BCUT2D eigenvalue weighted by molar-refractivity contribution is 5.93. The average molecular weight is 434 g/mol. The minimum Gasteiger partial charge on any atom is -0.344 e. The van der Waals surface area contributed by atoms with E-state index in [0.717, 1.165) is 22.4 Å². The number of carbonyl (C=O) groups excluding carboxylic acids is 1. The fourth-order valence-corrected chi connectivity index (χ4v) is 3.30. The lowest BCUT2D eigenvalue weighted by Gasteiger charge is -2.06. The highest BCUT2D eigenvalue weighted by atomic mass is 35.5. The molecule has 0 unspecified atom stereocenters. The van der Waals surface area contributed by atoms with Gasteiger partial charge in [0.1, 0.15) is 17.2 Å². The maximum atomic E-state index is 13.1. The van der Waals surface area contributed by atoms with Gasteiger partial charge in [0.05, 0.1) is 12.2 Å². The van der Waals surface area contributed by atoms with Crippen molar-refractivity contribution in [2.75, 3.05) is 0 Å². The van der Waals surface area contributed by atoms with Crippen LogP contribution in [0.1, 0.15) is 10.5 Å². The van der Waals surface area contributed by atoms with Gasteiger partial charge < -0.3 is 4.57 Å². The van der Waals surface area contributed by atoms with Crippen LogP contribution in [0.4, 0.5) is 4.39 Å². The number of halogens is 2. The molecule has 2 aliphatic rings. The summed E-state index contributed by atoms with van der Waals surface area (Å²) < 4.78 is 14.9. The number of rotatable bonds is 5. The van der Waals surface area contributed by atoms with Crippen LogP contribution in [-0.4, -0.2) is 30.5 Å². The van der Waals surface area contributed by atoms with Crippen molar-refractivity contribution < 1.29 is 9.18 Å². The van der Waals surface area contributed by atoms with Gasteiger partial charge in [-0.25, -0.2) is 14.4 Å². The van der Waals surface area contributed by atoms with Gasteiger partial charge in [0.2, 0.25) is 0 Å². The van der Waals surface area contributed by atoms with Crippen LogP contribution < -0.4 is 0 Å². The molecule has 5 rings (SSSR count). The van der Waals surface area contributed by atoms with Crippen LogP contribution in [-0.2, 0) is 6.54 Å². The number of nitrogens with zero attached hydrogens (tertiary/aromatic N) is 4. The van der Waals surface area contributed by atoms with Crippen molar-refractivity contribution in [1.82, 2.24) is 24.7 Å². The van der Waals surface area contributed by atoms with Gasteiger partial charge >= 0.3 is 0 Å². The number of fused-ring (bicyclic) bond motifs is 1. The van der Waals surface area contributed by atoms with E-state index in [4.69, 9.17) is 0 Å². The molecule has 8 heteroatoms. The Balaban J connectivity index is 0.00000231. The average Bonchev–Trinajstić information content (AvgIpc) is 3.44. The maximum Gasteiger partial charge on any atom is 0.200 e.